The van der Waals surface area contributed by atoms with Gasteiger partial charge in [0.15, 0.2) is 5.16 Å². The molecular weight excluding hydrogens is 386 g/mol. The highest BCUT2D eigenvalue weighted by atomic mass is 32.2. The number of fused-ring (bicyclic) bond motifs is 1. The van der Waals surface area contributed by atoms with Crippen LogP contribution in [0.25, 0.3) is 10.9 Å². The zero-order chi connectivity index (χ0) is 20.4. The summed E-state index contributed by atoms with van der Waals surface area (Å²) in [6.45, 7) is 2.42. The van der Waals surface area contributed by atoms with Crippen molar-refractivity contribution in [2.75, 3.05) is 12.3 Å². The molecule has 2 amide bonds. The normalized spacial score (nSPS) is 15.1. The zero-order valence-corrected chi connectivity index (χ0v) is 16.9. The van der Waals surface area contributed by atoms with E-state index < -0.39 is 0 Å². The summed E-state index contributed by atoms with van der Waals surface area (Å²) in [6.07, 6.45) is 1.12. The van der Waals surface area contributed by atoms with Gasteiger partial charge in [0.05, 0.1) is 22.7 Å². The first kappa shape index (κ1) is 19.4. The first-order valence-corrected chi connectivity index (χ1v) is 10.6. The number of carbonyl (C=O) groups is 2. The molecule has 0 aliphatic carbocycles. The van der Waals surface area contributed by atoms with E-state index in [1.807, 2.05) is 49.4 Å². The lowest BCUT2D eigenvalue weighted by molar-refractivity contribution is -0.140. The summed E-state index contributed by atoms with van der Waals surface area (Å²) in [5, 5.41) is 1.02. The first-order valence-electron chi connectivity index (χ1n) is 9.58. The topological polar surface area (TPSA) is 72.3 Å². The van der Waals surface area contributed by atoms with Gasteiger partial charge in [-0.2, -0.15) is 0 Å². The number of thioether (sulfide) groups is 1. The number of carbonyl (C=O) groups excluding carboxylic acids is 2. The Morgan fingerprint density at radius 1 is 1.10 bits per heavy atom. The Morgan fingerprint density at radius 3 is 2.55 bits per heavy atom. The Hall–Kier alpha value is -2.93. The van der Waals surface area contributed by atoms with Gasteiger partial charge in [-0.25, -0.2) is 4.98 Å². The molecule has 0 radical (unpaired) electrons. The van der Waals surface area contributed by atoms with Gasteiger partial charge in [0.2, 0.25) is 11.8 Å². The van der Waals surface area contributed by atoms with Crippen LogP contribution in [0.3, 0.4) is 0 Å². The van der Waals surface area contributed by atoms with Gasteiger partial charge in [-0.1, -0.05) is 54.2 Å². The van der Waals surface area contributed by atoms with Crippen molar-refractivity contribution < 1.29 is 9.59 Å². The second-order valence-electron chi connectivity index (χ2n) is 7.00. The Balaban J connectivity index is 1.72. The Labute approximate surface area is 172 Å². The third-order valence-electron chi connectivity index (χ3n) is 5.14. The van der Waals surface area contributed by atoms with E-state index in [1.165, 1.54) is 16.7 Å². The lowest BCUT2D eigenvalue weighted by Gasteiger charge is -2.20. The second kappa shape index (κ2) is 8.21. The van der Waals surface area contributed by atoms with Crippen LogP contribution in [0.5, 0.6) is 0 Å². The fourth-order valence-electron chi connectivity index (χ4n) is 3.57. The molecule has 3 aromatic rings. The van der Waals surface area contributed by atoms with Crippen LogP contribution in [-0.4, -0.2) is 38.6 Å². The van der Waals surface area contributed by atoms with Gasteiger partial charge >= 0.3 is 0 Å². The van der Waals surface area contributed by atoms with Crippen molar-refractivity contribution in [1.82, 2.24) is 14.5 Å². The summed E-state index contributed by atoms with van der Waals surface area (Å²) in [4.78, 5) is 43.6. The van der Waals surface area contributed by atoms with Crippen molar-refractivity contribution in [2.45, 2.75) is 31.0 Å². The zero-order valence-electron chi connectivity index (χ0n) is 16.1. The highest BCUT2D eigenvalue weighted by Crippen LogP contribution is 2.25. The van der Waals surface area contributed by atoms with Gasteiger partial charge < -0.3 is 0 Å². The number of para-hydroxylation sites is 1. The van der Waals surface area contributed by atoms with Crippen molar-refractivity contribution in [2.24, 2.45) is 0 Å². The number of aromatic nitrogens is 2. The molecule has 148 valence electrons. The van der Waals surface area contributed by atoms with E-state index in [0.717, 1.165) is 5.56 Å². The fraction of sp³-hybridized carbons (Fsp3) is 0.273. The molecule has 0 unspecified atom stereocenters. The standard InChI is InChI=1S/C22H21N3O3S/c1-15(16-8-3-2-4-9-16)25-21(28)17-10-5-6-11-18(17)23-22(25)29-14-20(27)24-13-7-12-19(24)26/h2-6,8-11,15H,7,12-14H2,1H3/t15-/m1/s1. The van der Waals surface area contributed by atoms with Gasteiger partial charge in [-0.3, -0.25) is 23.9 Å². The largest absolute Gasteiger partial charge is 0.282 e. The minimum Gasteiger partial charge on any atom is -0.282 e. The molecule has 2 heterocycles. The van der Waals surface area contributed by atoms with Crippen molar-refractivity contribution in [3.63, 3.8) is 0 Å². The number of hydrogen-bond acceptors (Lipinski definition) is 5. The monoisotopic (exact) mass is 407 g/mol. The van der Waals surface area contributed by atoms with E-state index in [9.17, 15) is 14.4 Å². The minimum atomic E-state index is -0.244. The molecule has 7 heteroatoms. The van der Waals surface area contributed by atoms with Crippen LogP contribution in [0.2, 0.25) is 0 Å². The Kier molecular flexibility index (Phi) is 5.49. The minimum absolute atomic E-state index is 0.0675. The lowest BCUT2D eigenvalue weighted by Crippen LogP contribution is -2.33. The number of rotatable bonds is 5. The summed E-state index contributed by atoms with van der Waals surface area (Å²) < 4.78 is 1.64. The van der Waals surface area contributed by atoms with E-state index in [0.29, 0.717) is 35.4 Å². The summed E-state index contributed by atoms with van der Waals surface area (Å²) in [5.74, 6) is -0.297. The lowest BCUT2D eigenvalue weighted by atomic mass is 10.1. The third kappa shape index (κ3) is 3.82. The molecule has 1 aliphatic heterocycles. The highest BCUT2D eigenvalue weighted by Gasteiger charge is 2.27. The molecule has 29 heavy (non-hydrogen) atoms. The van der Waals surface area contributed by atoms with Gasteiger partial charge in [-0.05, 0) is 31.0 Å². The SMILES string of the molecule is C[C@H](c1ccccc1)n1c(SCC(=O)N2CCCC2=O)nc2ccccc2c1=O. The molecule has 1 fully saturated rings. The van der Waals surface area contributed by atoms with Crippen LogP contribution < -0.4 is 5.56 Å². The van der Waals surface area contributed by atoms with E-state index in [1.54, 1.807) is 16.7 Å². The molecule has 0 bridgehead atoms. The van der Waals surface area contributed by atoms with Crippen molar-refractivity contribution in [3.8, 4) is 0 Å². The van der Waals surface area contributed by atoms with Crippen LogP contribution in [0.4, 0.5) is 0 Å². The molecule has 0 saturated carbocycles. The molecular formula is C22H21N3O3S. The molecule has 4 rings (SSSR count). The molecule has 1 saturated heterocycles. The average Bonchev–Trinajstić information content (AvgIpc) is 3.18. The summed E-state index contributed by atoms with van der Waals surface area (Å²) in [7, 11) is 0. The summed E-state index contributed by atoms with van der Waals surface area (Å²) in [6, 6.07) is 16.7. The molecule has 2 aromatic carbocycles. The first-order chi connectivity index (χ1) is 14.1. The van der Waals surface area contributed by atoms with Gasteiger partial charge in [0.1, 0.15) is 0 Å². The maximum Gasteiger partial charge on any atom is 0.262 e. The summed E-state index contributed by atoms with van der Waals surface area (Å²) in [5.41, 5.74) is 1.44. The maximum absolute atomic E-state index is 13.3. The molecule has 0 N–H and O–H groups in total. The van der Waals surface area contributed by atoms with Crippen LogP contribution in [-0.2, 0) is 9.59 Å². The van der Waals surface area contributed by atoms with E-state index in [2.05, 4.69) is 4.98 Å². The molecule has 1 aliphatic rings. The molecule has 1 atom stereocenters. The van der Waals surface area contributed by atoms with Crippen molar-refractivity contribution in [3.05, 3.63) is 70.5 Å². The maximum atomic E-state index is 13.3. The van der Waals surface area contributed by atoms with E-state index in [-0.39, 0.29) is 29.2 Å². The number of nitrogens with zero attached hydrogens (tertiary/aromatic N) is 3. The number of likely N-dealkylation sites (tertiary alicyclic amines) is 1. The quantitative estimate of drug-likeness (QED) is 0.480. The van der Waals surface area contributed by atoms with Gasteiger partial charge in [0, 0.05) is 13.0 Å². The molecule has 0 spiro atoms. The Bertz CT molecular complexity index is 1130. The van der Waals surface area contributed by atoms with Crippen molar-refractivity contribution in [1.29, 1.82) is 0 Å². The number of imide groups is 1. The third-order valence-corrected chi connectivity index (χ3v) is 6.08. The van der Waals surface area contributed by atoms with Gasteiger partial charge in [-0.15, -0.1) is 0 Å². The number of benzene rings is 2. The molecule has 1 aromatic heterocycles. The number of hydrogen-bond donors (Lipinski definition) is 0. The molecule has 6 nitrogen and oxygen atoms in total. The average molecular weight is 407 g/mol. The van der Waals surface area contributed by atoms with E-state index in [4.69, 9.17) is 0 Å². The second-order valence-corrected chi connectivity index (χ2v) is 7.95. The fourth-order valence-corrected chi connectivity index (χ4v) is 4.52. The predicted molar refractivity (Wildman–Crippen MR) is 113 cm³/mol. The van der Waals surface area contributed by atoms with Crippen molar-refractivity contribution >= 4 is 34.5 Å². The van der Waals surface area contributed by atoms with Crippen LogP contribution >= 0.6 is 11.8 Å². The van der Waals surface area contributed by atoms with Crippen LogP contribution in [0, 0.1) is 0 Å². The van der Waals surface area contributed by atoms with Crippen LogP contribution in [0.15, 0.2) is 64.5 Å². The number of amides is 2. The highest BCUT2D eigenvalue weighted by molar-refractivity contribution is 7.99. The van der Waals surface area contributed by atoms with Crippen LogP contribution in [0.1, 0.15) is 31.4 Å². The predicted octanol–water partition coefficient (Wildman–Crippen LogP) is 3.25. The van der Waals surface area contributed by atoms with E-state index >= 15 is 0 Å². The van der Waals surface area contributed by atoms with Gasteiger partial charge in [0.25, 0.3) is 5.56 Å². The smallest absolute Gasteiger partial charge is 0.262 e. The summed E-state index contributed by atoms with van der Waals surface area (Å²) >= 11 is 1.20. The Morgan fingerprint density at radius 2 is 1.83 bits per heavy atom.